The summed E-state index contributed by atoms with van der Waals surface area (Å²) < 4.78 is 0. The first-order valence-electron chi connectivity index (χ1n) is 3.60. The van der Waals surface area contributed by atoms with Crippen LogP contribution in [0.3, 0.4) is 0 Å². The lowest BCUT2D eigenvalue weighted by Crippen LogP contribution is -2.19. The van der Waals surface area contributed by atoms with Gasteiger partial charge in [0.1, 0.15) is 17.4 Å². The highest BCUT2D eigenvalue weighted by atomic mass is 16.4. The van der Waals surface area contributed by atoms with Gasteiger partial charge in [-0.25, -0.2) is 4.98 Å². The topological polar surface area (TPSA) is 109 Å². The molecule has 0 amide bonds. The number of nitrogens with two attached hydrogens (primary N) is 1. The van der Waals surface area contributed by atoms with Crippen LogP contribution in [0.1, 0.15) is 18.7 Å². The Labute approximate surface area is 73.4 Å². The summed E-state index contributed by atoms with van der Waals surface area (Å²) in [4.78, 5) is 27.4. The van der Waals surface area contributed by atoms with Crippen LogP contribution in [0, 0.1) is 0 Å². The zero-order chi connectivity index (χ0) is 10.0. The number of carboxylic acids is 1. The summed E-state index contributed by atoms with van der Waals surface area (Å²) in [6.07, 6.45) is 1.15. The van der Waals surface area contributed by atoms with Crippen LogP contribution in [-0.2, 0) is 4.79 Å². The molecule has 0 aliphatic carbocycles. The van der Waals surface area contributed by atoms with Gasteiger partial charge in [-0.05, 0) is 6.92 Å². The van der Waals surface area contributed by atoms with E-state index >= 15 is 0 Å². The van der Waals surface area contributed by atoms with Crippen molar-refractivity contribution in [3.05, 3.63) is 22.4 Å². The number of anilines is 1. The minimum absolute atomic E-state index is 0.0265. The lowest BCUT2D eigenvalue weighted by molar-refractivity contribution is -0.138. The number of nitrogens with one attached hydrogen (secondary N) is 1. The molecule has 1 heterocycles. The fraction of sp³-hybridized carbons (Fsp3) is 0.286. The Morgan fingerprint density at radius 1 is 1.77 bits per heavy atom. The number of carboxylic acid groups (broad SMARTS) is 1. The molecule has 1 unspecified atom stereocenters. The summed E-state index contributed by atoms with van der Waals surface area (Å²) in [5.41, 5.74) is 4.67. The highest BCUT2D eigenvalue weighted by Crippen LogP contribution is 2.07. The van der Waals surface area contributed by atoms with Crippen LogP contribution >= 0.6 is 0 Å². The van der Waals surface area contributed by atoms with Crippen molar-refractivity contribution in [3.8, 4) is 0 Å². The van der Waals surface area contributed by atoms with E-state index in [4.69, 9.17) is 10.8 Å². The molecule has 1 rings (SSSR count). The maximum absolute atomic E-state index is 11.0. The molecule has 0 saturated heterocycles. The molecule has 0 aliphatic rings. The van der Waals surface area contributed by atoms with Crippen molar-refractivity contribution in [2.75, 3.05) is 5.73 Å². The number of aromatic amines is 1. The van der Waals surface area contributed by atoms with Crippen LogP contribution in [-0.4, -0.2) is 21.0 Å². The van der Waals surface area contributed by atoms with E-state index in [9.17, 15) is 9.59 Å². The van der Waals surface area contributed by atoms with E-state index in [0.29, 0.717) is 0 Å². The van der Waals surface area contributed by atoms with Crippen molar-refractivity contribution in [1.29, 1.82) is 0 Å². The number of aliphatic carboxylic acids is 1. The number of nitrogen functional groups attached to an aromatic ring is 1. The number of hydrogen-bond donors (Lipinski definition) is 3. The van der Waals surface area contributed by atoms with Gasteiger partial charge in [-0.1, -0.05) is 0 Å². The number of H-pyrrole nitrogens is 1. The molecule has 0 aromatic carbocycles. The molecule has 6 heteroatoms. The fourth-order valence-corrected chi connectivity index (χ4v) is 0.755. The predicted octanol–water partition coefficient (Wildman–Crippen LogP) is -0.460. The third-order valence-electron chi connectivity index (χ3n) is 1.63. The van der Waals surface area contributed by atoms with Gasteiger partial charge in [0.2, 0.25) is 0 Å². The van der Waals surface area contributed by atoms with Crippen LogP contribution in [0.2, 0.25) is 0 Å². The van der Waals surface area contributed by atoms with E-state index in [1.165, 1.54) is 6.92 Å². The Hall–Kier alpha value is -1.85. The number of nitrogens with zero attached hydrogens (tertiary/aromatic N) is 1. The summed E-state index contributed by atoms with van der Waals surface area (Å²) in [6.45, 7) is 1.43. The van der Waals surface area contributed by atoms with Gasteiger partial charge in [-0.15, -0.1) is 0 Å². The smallest absolute Gasteiger partial charge is 0.313 e. The van der Waals surface area contributed by atoms with Crippen molar-refractivity contribution in [2.24, 2.45) is 0 Å². The first-order chi connectivity index (χ1) is 6.02. The second-order valence-corrected chi connectivity index (χ2v) is 2.61. The van der Waals surface area contributed by atoms with Crippen molar-refractivity contribution < 1.29 is 9.90 Å². The van der Waals surface area contributed by atoms with E-state index in [2.05, 4.69) is 9.97 Å². The van der Waals surface area contributed by atoms with Gasteiger partial charge < -0.3 is 15.8 Å². The van der Waals surface area contributed by atoms with Crippen molar-refractivity contribution in [3.63, 3.8) is 0 Å². The molecule has 6 nitrogen and oxygen atoms in total. The van der Waals surface area contributed by atoms with Crippen LogP contribution in [0.5, 0.6) is 0 Å². The van der Waals surface area contributed by atoms with E-state index in [-0.39, 0.29) is 11.5 Å². The predicted molar refractivity (Wildman–Crippen MR) is 45.3 cm³/mol. The summed E-state index contributed by atoms with van der Waals surface area (Å²) in [6, 6.07) is 0. The van der Waals surface area contributed by atoms with Gasteiger partial charge in [-0.3, -0.25) is 9.59 Å². The molecule has 1 aromatic heterocycles. The monoisotopic (exact) mass is 183 g/mol. The van der Waals surface area contributed by atoms with Gasteiger partial charge in [0.05, 0.1) is 6.20 Å². The van der Waals surface area contributed by atoms with Crippen LogP contribution in [0.25, 0.3) is 0 Å². The van der Waals surface area contributed by atoms with Gasteiger partial charge in [0, 0.05) is 0 Å². The first-order valence-corrected chi connectivity index (χ1v) is 3.60. The maximum atomic E-state index is 11.0. The van der Waals surface area contributed by atoms with Crippen LogP contribution in [0.4, 0.5) is 5.69 Å². The molecule has 1 aromatic rings. The van der Waals surface area contributed by atoms with E-state index in [0.717, 1.165) is 6.20 Å². The van der Waals surface area contributed by atoms with E-state index < -0.39 is 17.4 Å². The summed E-state index contributed by atoms with van der Waals surface area (Å²) in [5.74, 6) is -1.78. The highest BCUT2D eigenvalue weighted by Gasteiger charge is 2.16. The number of hydrogen-bond acceptors (Lipinski definition) is 4. The lowest BCUT2D eigenvalue weighted by Gasteiger charge is -2.04. The molecule has 0 bridgehead atoms. The number of rotatable bonds is 2. The second kappa shape index (κ2) is 3.26. The van der Waals surface area contributed by atoms with Gasteiger partial charge in [0.15, 0.2) is 0 Å². The molecule has 4 N–H and O–H groups in total. The van der Waals surface area contributed by atoms with Crippen molar-refractivity contribution in [2.45, 2.75) is 12.8 Å². The SMILES string of the molecule is CC(C(=O)O)c1ncc(N)c(=O)[nH]1. The third kappa shape index (κ3) is 1.84. The molecule has 0 spiro atoms. The van der Waals surface area contributed by atoms with Crippen LogP contribution < -0.4 is 11.3 Å². The first kappa shape index (κ1) is 9.24. The van der Waals surface area contributed by atoms with E-state index in [1.807, 2.05) is 0 Å². The Morgan fingerprint density at radius 2 is 2.38 bits per heavy atom. The molecule has 70 valence electrons. The molecular weight excluding hydrogens is 174 g/mol. The zero-order valence-corrected chi connectivity index (χ0v) is 6.94. The Morgan fingerprint density at radius 3 is 2.85 bits per heavy atom. The minimum atomic E-state index is -1.05. The average molecular weight is 183 g/mol. The van der Waals surface area contributed by atoms with Crippen LogP contribution in [0.15, 0.2) is 11.0 Å². The molecule has 0 fully saturated rings. The Bertz CT molecular complexity index is 385. The number of carbonyl (C=O) groups is 1. The summed E-state index contributed by atoms with van der Waals surface area (Å²) in [5, 5.41) is 8.60. The third-order valence-corrected chi connectivity index (χ3v) is 1.63. The Balaban J connectivity index is 3.11. The standard InChI is InChI=1S/C7H9N3O3/c1-3(7(12)13)5-9-2-4(8)6(11)10-5/h2-3H,8H2,1H3,(H,12,13)(H,9,10,11). The zero-order valence-electron chi connectivity index (χ0n) is 6.94. The normalized spacial score (nSPS) is 12.4. The second-order valence-electron chi connectivity index (χ2n) is 2.61. The average Bonchev–Trinajstić information content (AvgIpc) is 2.08. The Kier molecular flexibility index (Phi) is 2.32. The van der Waals surface area contributed by atoms with Crippen molar-refractivity contribution >= 4 is 11.7 Å². The lowest BCUT2D eigenvalue weighted by atomic mass is 10.2. The van der Waals surface area contributed by atoms with Gasteiger partial charge in [-0.2, -0.15) is 0 Å². The van der Waals surface area contributed by atoms with Crippen molar-refractivity contribution in [1.82, 2.24) is 9.97 Å². The molecule has 0 saturated carbocycles. The molecule has 1 atom stereocenters. The van der Waals surface area contributed by atoms with E-state index in [1.54, 1.807) is 0 Å². The quantitative estimate of drug-likeness (QED) is 0.574. The summed E-state index contributed by atoms with van der Waals surface area (Å²) in [7, 11) is 0. The molecule has 0 radical (unpaired) electrons. The molecule has 13 heavy (non-hydrogen) atoms. The highest BCUT2D eigenvalue weighted by molar-refractivity contribution is 5.74. The molecular formula is C7H9N3O3. The molecule has 0 aliphatic heterocycles. The van der Waals surface area contributed by atoms with Gasteiger partial charge in [0.25, 0.3) is 5.56 Å². The summed E-state index contributed by atoms with van der Waals surface area (Å²) >= 11 is 0. The number of aromatic nitrogens is 2. The van der Waals surface area contributed by atoms with Gasteiger partial charge >= 0.3 is 5.97 Å². The minimum Gasteiger partial charge on any atom is -0.481 e. The fourth-order valence-electron chi connectivity index (χ4n) is 0.755. The maximum Gasteiger partial charge on any atom is 0.313 e. The largest absolute Gasteiger partial charge is 0.481 e.